The Balaban J connectivity index is 1.97. The molecule has 19 heavy (non-hydrogen) atoms. The molecular weight excluding hydrogens is 248 g/mol. The van der Waals surface area contributed by atoms with Crippen LogP contribution in [0, 0.1) is 11.8 Å². The number of amides is 2. The van der Waals surface area contributed by atoms with Crippen LogP contribution >= 0.6 is 0 Å². The Bertz CT molecular complexity index is 409. The molecule has 2 heterocycles. The molecule has 1 N–H and O–H groups in total. The van der Waals surface area contributed by atoms with E-state index in [1.165, 1.54) is 0 Å². The fraction of sp³-hybridized carbons (Fsp3) is 0.769. The Morgan fingerprint density at radius 3 is 2.47 bits per heavy atom. The largest absolute Gasteiger partial charge is 0.481 e. The van der Waals surface area contributed by atoms with Crippen molar-refractivity contribution in [3.63, 3.8) is 0 Å². The molecule has 6 heteroatoms. The van der Waals surface area contributed by atoms with Crippen molar-refractivity contribution in [2.45, 2.75) is 32.2 Å². The first-order valence-electron chi connectivity index (χ1n) is 6.67. The number of nitrogens with zero attached hydrogens (tertiary/aromatic N) is 2. The number of carboxylic acid groups (broad SMARTS) is 1. The van der Waals surface area contributed by atoms with Crippen molar-refractivity contribution >= 4 is 17.8 Å². The van der Waals surface area contributed by atoms with E-state index in [0.717, 1.165) is 0 Å². The normalized spacial score (nSPS) is 31.7. The van der Waals surface area contributed by atoms with Gasteiger partial charge in [0.15, 0.2) is 0 Å². The molecule has 0 bridgehead atoms. The number of piperidine rings is 1. The summed E-state index contributed by atoms with van der Waals surface area (Å²) in [6, 6.07) is -0.0663. The molecule has 6 nitrogen and oxygen atoms in total. The summed E-state index contributed by atoms with van der Waals surface area (Å²) >= 11 is 0. The minimum atomic E-state index is -0.783. The van der Waals surface area contributed by atoms with E-state index in [9.17, 15) is 14.4 Å². The third kappa shape index (κ3) is 2.72. The fourth-order valence-corrected chi connectivity index (χ4v) is 2.99. The van der Waals surface area contributed by atoms with Crippen LogP contribution in [-0.2, 0) is 14.4 Å². The molecule has 0 saturated carbocycles. The maximum absolute atomic E-state index is 12.4. The Hall–Kier alpha value is -1.59. The molecule has 3 unspecified atom stereocenters. The average molecular weight is 268 g/mol. The maximum atomic E-state index is 12.4. The highest BCUT2D eigenvalue weighted by Crippen LogP contribution is 2.27. The summed E-state index contributed by atoms with van der Waals surface area (Å²) in [4.78, 5) is 38.1. The molecule has 106 valence electrons. The van der Waals surface area contributed by atoms with Crippen molar-refractivity contribution in [1.29, 1.82) is 0 Å². The standard InChI is InChI=1S/C13H20N2O4/c1-8-5-9(13(18)19)3-4-15(8)12(17)10-6-11(16)14(2)7-10/h8-10H,3-7H2,1-2H3,(H,18,19). The van der Waals surface area contributed by atoms with Crippen molar-refractivity contribution in [3.8, 4) is 0 Å². The van der Waals surface area contributed by atoms with Crippen LogP contribution in [0.4, 0.5) is 0 Å². The topological polar surface area (TPSA) is 77.9 Å². The predicted molar refractivity (Wildman–Crippen MR) is 67.3 cm³/mol. The molecule has 0 radical (unpaired) electrons. The first kappa shape index (κ1) is 13.8. The van der Waals surface area contributed by atoms with Gasteiger partial charge in [-0.3, -0.25) is 14.4 Å². The van der Waals surface area contributed by atoms with Crippen molar-refractivity contribution in [2.24, 2.45) is 11.8 Å². The van der Waals surface area contributed by atoms with E-state index in [1.807, 2.05) is 6.92 Å². The molecule has 2 rings (SSSR count). The fourth-order valence-electron chi connectivity index (χ4n) is 2.99. The van der Waals surface area contributed by atoms with Gasteiger partial charge in [0.05, 0.1) is 11.8 Å². The van der Waals surface area contributed by atoms with E-state index in [4.69, 9.17) is 5.11 Å². The molecule has 0 aromatic heterocycles. The molecule has 2 aliphatic heterocycles. The van der Waals surface area contributed by atoms with Gasteiger partial charge in [0.25, 0.3) is 0 Å². The smallest absolute Gasteiger partial charge is 0.306 e. The molecule has 0 aliphatic carbocycles. The highest BCUT2D eigenvalue weighted by molar-refractivity contribution is 5.89. The number of aliphatic carboxylic acids is 1. The second kappa shape index (κ2) is 5.19. The van der Waals surface area contributed by atoms with Gasteiger partial charge in [0.1, 0.15) is 0 Å². The van der Waals surface area contributed by atoms with Crippen LogP contribution in [0.2, 0.25) is 0 Å². The molecule has 0 spiro atoms. The summed E-state index contributed by atoms with van der Waals surface area (Å²) in [7, 11) is 1.70. The zero-order valence-corrected chi connectivity index (χ0v) is 11.3. The lowest BCUT2D eigenvalue weighted by molar-refractivity contribution is -0.148. The first-order valence-corrected chi connectivity index (χ1v) is 6.67. The van der Waals surface area contributed by atoms with Gasteiger partial charge in [-0.05, 0) is 19.8 Å². The monoisotopic (exact) mass is 268 g/mol. The Morgan fingerprint density at radius 1 is 1.32 bits per heavy atom. The molecule has 3 atom stereocenters. The van der Waals surface area contributed by atoms with Crippen LogP contribution in [0.5, 0.6) is 0 Å². The predicted octanol–water partition coefficient (Wildman–Crippen LogP) is 0.176. The Kier molecular flexibility index (Phi) is 3.78. The number of carbonyl (C=O) groups is 3. The van der Waals surface area contributed by atoms with Crippen molar-refractivity contribution in [2.75, 3.05) is 20.1 Å². The minimum absolute atomic E-state index is 0.00552. The number of hydrogen-bond donors (Lipinski definition) is 1. The van der Waals surface area contributed by atoms with Crippen LogP contribution < -0.4 is 0 Å². The molecular formula is C13H20N2O4. The molecule has 2 saturated heterocycles. The molecule has 0 aromatic rings. The quantitative estimate of drug-likeness (QED) is 0.774. The van der Waals surface area contributed by atoms with Crippen LogP contribution in [0.1, 0.15) is 26.2 Å². The number of rotatable bonds is 2. The number of hydrogen-bond acceptors (Lipinski definition) is 3. The van der Waals surface area contributed by atoms with Gasteiger partial charge in [-0.1, -0.05) is 0 Å². The van der Waals surface area contributed by atoms with Gasteiger partial charge >= 0.3 is 5.97 Å². The maximum Gasteiger partial charge on any atom is 0.306 e. The average Bonchev–Trinajstić information content (AvgIpc) is 2.68. The number of carbonyl (C=O) groups excluding carboxylic acids is 2. The summed E-state index contributed by atoms with van der Waals surface area (Å²) in [5, 5.41) is 9.01. The molecule has 2 fully saturated rings. The number of carboxylic acids is 1. The highest BCUT2D eigenvalue weighted by atomic mass is 16.4. The van der Waals surface area contributed by atoms with Crippen LogP contribution in [0.15, 0.2) is 0 Å². The lowest BCUT2D eigenvalue weighted by Crippen LogP contribution is -2.48. The summed E-state index contributed by atoms with van der Waals surface area (Å²) < 4.78 is 0. The summed E-state index contributed by atoms with van der Waals surface area (Å²) in [5.74, 6) is -1.40. The second-order valence-corrected chi connectivity index (χ2v) is 5.62. The van der Waals surface area contributed by atoms with E-state index in [0.29, 0.717) is 25.9 Å². The summed E-state index contributed by atoms with van der Waals surface area (Å²) in [5.41, 5.74) is 0. The van der Waals surface area contributed by atoms with Gasteiger partial charge in [0.2, 0.25) is 11.8 Å². The van der Waals surface area contributed by atoms with Gasteiger partial charge in [-0.25, -0.2) is 0 Å². The third-order valence-electron chi connectivity index (χ3n) is 4.20. The van der Waals surface area contributed by atoms with E-state index in [-0.39, 0.29) is 36.1 Å². The minimum Gasteiger partial charge on any atom is -0.481 e. The van der Waals surface area contributed by atoms with Gasteiger partial charge in [-0.15, -0.1) is 0 Å². The van der Waals surface area contributed by atoms with E-state index in [1.54, 1.807) is 16.8 Å². The number of likely N-dealkylation sites (tertiary alicyclic amines) is 2. The van der Waals surface area contributed by atoms with Crippen LogP contribution in [-0.4, -0.2) is 58.9 Å². The summed E-state index contributed by atoms with van der Waals surface area (Å²) in [6.07, 6.45) is 1.28. The molecule has 0 aromatic carbocycles. The van der Waals surface area contributed by atoms with Crippen LogP contribution in [0.25, 0.3) is 0 Å². The van der Waals surface area contributed by atoms with E-state index >= 15 is 0 Å². The summed E-state index contributed by atoms with van der Waals surface area (Å²) in [6.45, 7) is 2.84. The lowest BCUT2D eigenvalue weighted by atomic mass is 9.90. The van der Waals surface area contributed by atoms with Gasteiger partial charge in [-0.2, -0.15) is 0 Å². The van der Waals surface area contributed by atoms with E-state index in [2.05, 4.69) is 0 Å². The zero-order chi connectivity index (χ0) is 14.2. The van der Waals surface area contributed by atoms with Gasteiger partial charge < -0.3 is 14.9 Å². The second-order valence-electron chi connectivity index (χ2n) is 5.62. The van der Waals surface area contributed by atoms with Gasteiger partial charge in [0, 0.05) is 32.6 Å². The highest BCUT2D eigenvalue weighted by Gasteiger charge is 2.39. The SMILES string of the molecule is CC1CC(C(=O)O)CCN1C(=O)C1CC(=O)N(C)C1. The zero-order valence-electron chi connectivity index (χ0n) is 11.3. The van der Waals surface area contributed by atoms with E-state index < -0.39 is 5.97 Å². The first-order chi connectivity index (χ1) is 8.90. The van der Waals surface area contributed by atoms with Crippen molar-refractivity contribution in [1.82, 2.24) is 9.80 Å². The Morgan fingerprint density at radius 2 is 2.00 bits per heavy atom. The van der Waals surface area contributed by atoms with Crippen LogP contribution in [0.3, 0.4) is 0 Å². The third-order valence-corrected chi connectivity index (χ3v) is 4.20. The molecule has 2 aliphatic rings. The van der Waals surface area contributed by atoms with Crippen molar-refractivity contribution in [3.05, 3.63) is 0 Å². The van der Waals surface area contributed by atoms with Crippen molar-refractivity contribution < 1.29 is 19.5 Å². The Labute approximate surface area is 112 Å². The lowest BCUT2D eigenvalue weighted by Gasteiger charge is -2.37. The molecule has 2 amide bonds.